The third kappa shape index (κ3) is 17.7. The molecule has 19 atom stereocenters. The summed E-state index contributed by atoms with van der Waals surface area (Å²) < 4.78 is 30.1. The van der Waals surface area contributed by atoms with Gasteiger partial charge in [0.15, 0.2) is 40.7 Å². The second-order valence-electron chi connectivity index (χ2n) is 33.3. The Kier molecular flexibility index (Phi) is 27.5. The van der Waals surface area contributed by atoms with Crippen LogP contribution in [0.25, 0.3) is 11.2 Å². The molecule has 1 aliphatic carbocycles. The largest absolute Gasteiger partial charge is 0.496 e. The van der Waals surface area contributed by atoms with Gasteiger partial charge in [0.05, 0.1) is 61.3 Å². The molecular formula is C84H107N15O21S2. The maximum Gasteiger partial charge on any atom is 0.426 e. The van der Waals surface area contributed by atoms with Crippen molar-refractivity contribution in [2.24, 2.45) is 17.3 Å². The SMILES string of the molecule is CC[C@]12C=CCN3CC[C@@]4(c5cc([C@@]6(COC=O)C[C@H]7CCC(O)N(CCC8c9ccccc9NC86)C7)c(OC)cc5N(C)C4[C@@](O)(C(=O)NNC(=O)OCCSSCCNC(=O)[C@@H](CC(=O)[C@H](C)NC(=O)CCCCC(=O)c4ccc(CCc5cnc6nc(C)[nH]c(=O)c6n5)cc4)Cc4cn(CCO[C@@H]5OC(C(=O)O)[C@@H](O)[C@H](O)C5O)nn4)[C@@H]1O)[C@@H]32. The molecule has 8 aliphatic rings. The Morgan fingerprint density at radius 1 is 0.877 bits per heavy atom. The highest BCUT2D eigenvalue weighted by atomic mass is 33.1. The van der Waals surface area contributed by atoms with Crippen LogP contribution in [0.3, 0.4) is 0 Å². The standard InChI is InChI=1S/C84H107N15O21S2/c1-6-81-25-11-28-97-30-26-83(76(81)97)56-38-57(82(44-117-45-100)40-49-19-23-64(104)98(42-49)29-24-55-54-12-7-8-13-58(54)91-70(55)82)62(116-5)39-59(56)96(4)77(83)84(115,78(81)112)79(113)93-94-80(114)119-33-35-122-121-34-27-85-72(108)51(36-53-43-99(95-92-53)31-32-118-75-68(107)66(105)67(106)69(120-75)74(110)111)37-61(102)46(2)87-63(103)15-10-9-14-60(101)50-20-16-48(17-21-50)18-22-52-41-86-71-65(90-52)73(109)89-47(3)88-71/h7-8,11-13,16-17,20-21,25,38-39,41,43,45-46,49,51,55,64,66-70,75-78,91,104-107,112,115H,6,9-10,14-15,18-19,22-24,26-37,40,42,44H2,1-5H3,(H,85,108)(H,87,103)(H,93,113)(H,94,114)(H,110,111)(H,86,88,89,109)/t46-,49+,51+,55?,64?,66-,67-,68?,69?,70?,75+,76-,77?,78+,81+,82-,83+,84-/m0/s1. The number of anilines is 2. The van der Waals surface area contributed by atoms with Gasteiger partial charge in [-0.1, -0.05) is 88.3 Å². The van der Waals surface area contributed by atoms with Crippen molar-refractivity contribution in [2.75, 3.05) is 88.4 Å². The number of aromatic amines is 1. The van der Waals surface area contributed by atoms with Crippen molar-refractivity contribution >= 4 is 91.9 Å². The summed E-state index contributed by atoms with van der Waals surface area (Å²) in [5.41, 5.74) is 5.82. The third-order valence-electron chi connectivity index (χ3n) is 26.0. The number of aliphatic hydroxyl groups is 6. The minimum Gasteiger partial charge on any atom is -0.496 e. The van der Waals surface area contributed by atoms with Gasteiger partial charge >= 0.3 is 12.1 Å². The first-order valence-electron chi connectivity index (χ1n) is 41.6. The number of nitrogens with one attached hydrogen (secondary N) is 6. The molecule has 3 aromatic carbocycles. The maximum atomic E-state index is 15.3. The molecule has 6 aromatic rings. The fraction of sp³-hybridized carbons (Fsp3) is 0.571. The van der Waals surface area contributed by atoms with E-state index in [9.17, 15) is 74.1 Å². The smallest absolute Gasteiger partial charge is 0.426 e. The lowest BCUT2D eigenvalue weighted by Crippen LogP contribution is -2.82. The molecule has 5 fully saturated rings. The van der Waals surface area contributed by atoms with E-state index in [0.717, 1.165) is 34.4 Å². The minimum absolute atomic E-state index is 0.00775. The number of aromatic nitrogens is 7. The molecule has 36 nitrogen and oxygen atoms in total. The summed E-state index contributed by atoms with van der Waals surface area (Å²) in [6, 6.07) is 16.6. The number of aryl methyl sites for hydroxylation is 3. The van der Waals surface area contributed by atoms with Gasteiger partial charge in [-0.2, -0.15) is 0 Å². The molecule has 3 aromatic heterocycles. The number of carboxylic acids is 1. The molecule has 122 heavy (non-hydrogen) atoms. The maximum absolute atomic E-state index is 15.3. The Bertz CT molecular complexity index is 4950. The van der Waals surface area contributed by atoms with Crippen LogP contribution in [0.2, 0.25) is 0 Å². The van der Waals surface area contributed by atoms with Crippen molar-refractivity contribution in [3.05, 3.63) is 141 Å². The van der Waals surface area contributed by atoms with Crippen LogP contribution >= 0.6 is 21.6 Å². The normalized spacial score (nSPS) is 29.0. The van der Waals surface area contributed by atoms with Crippen LogP contribution in [0.15, 0.2) is 90.0 Å². The molecule has 13 N–H and O–H groups in total. The molecule has 0 radical (unpaired) electrons. The summed E-state index contributed by atoms with van der Waals surface area (Å²) in [5, 5.41) is 96.2. The predicted molar refractivity (Wildman–Crippen MR) is 444 cm³/mol. The van der Waals surface area contributed by atoms with Gasteiger partial charge in [0, 0.05) is 134 Å². The number of H-pyrrole nitrogens is 1. The highest BCUT2D eigenvalue weighted by molar-refractivity contribution is 8.76. The number of unbranched alkanes of at least 4 members (excludes halogenated alkanes) is 1. The van der Waals surface area contributed by atoms with E-state index in [1.165, 1.54) is 39.4 Å². The first-order chi connectivity index (χ1) is 58.7. The number of carboxylic acid groups (broad SMARTS) is 1. The van der Waals surface area contributed by atoms with E-state index in [1.54, 1.807) is 39.4 Å². The number of nitrogens with zero attached hydrogens (tertiary/aromatic N) is 9. The van der Waals surface area contributed by atoms with Crippen molar-refractivity contribution in [1.29, 1.82) is 0 Å². The molecule has 38 heteroatoms. The Labute approximate surface area is 711 Å². The van der Waals surface area contributed by atoms with E-state index < -0.39 is 124 Å². The van der Waals surface area contributed by atoms with Gasteiger partial charge in [-0.15, -0.1) is 5.10 Å². The van der Waals surface area contributed by atoms with Crippen LogP contribution in [-0.4, -0.2) is 279 Å². The van der Waals surface area contributed by atoms with E-state index in [-0.39, 0.29) is 110 Å². The lowest BCUT2D eigenvalue weighted by molar-refractivity contribution is -0.294. The van der Waals surface area contributed by atoms with Crippen molar-refractivity contribution in [2.45, 2.75) is 207 Å². The third-order valence-corrected chi connectivity index (χ3v) is 28.4. The number of hydrogen-bond acceptors (Lipinski definition) is 31. The Hall–Kier alpha value is -9.58. The highest BCUT2D eigenvalue weighted by Crippen LogP contribution is 2.68. The van der Waals surface area contributed by atoms with Gasteiger partial charge in [0.25, 0.3) is 17.9 Å². The number of amides is 4. The summed E-state index contributed by atoms with van der Waals surface area (Å²) in [7, 11) is 6.06. The van der Waals surface area contributed by atoms with Gasteiger partial charge in [0.1, 0.15) is 55.4 Å². The van der Waals surface area contributed by atoms with Crippen LogP contribution in [0.5, 0.6) is 5.75 Å². The minimum atomic E-state index is -2.60. The summed E-state index contributed by atoms with van der Waals surface area (Å²) in [4.78, 5) is 142. The molecular weight excluding hydrogens is 1620 g/mol. The summed E-state index contributed by atoms with van der Waals surface area (Å²) >= 11 is 0. The summed E-state index contributed by atoms with van der Waals surface area (Å²) in [5.74, 6) is -3.68. The van der Waals surface area contributed by atoms with Crippen LogP contribution in [-0.2, 0) is 84.4 Å². The van der Waals surface area contributed by atoms with Crippen molar-refractivity contribution in [3.63, 3.8) is 0 Å². The number of carbonyl (C=O) groups is 8. The molecule has 7 unspecified atom stereocenters. The number of hydrogen-bond donors (Lipinski definition) is 13. The number of Topliss-reactive ketones (excluding diaryl/α,β-unsaturated/α-hetero) is 2. The first kappa shape index (κ1) is 88.7. The highest BCUT2D eigenvalue weighted by Gasteiger charge is 2.79. The second kappa shape index (κ2) is 37.9. The van der Waals surface area contributed by atoms with E-state index in [4.69, 9.17) is 23.7 Å². The number of carbonyl (C=O) groups excluding carboxylic acids is 7. The topological polar surface area (TPSA) is 496 Å². The zero-order chi connectivity index (χ0) is 86.5. The molecule has 2 bridgehead atoms. The number of fused-ring (bicyclic) bond motifs is 7. The second-order valence-corrected chi connectivity index (χ2v) is 36.0. The number of benzene rings is 3. The predicted octanol–water partition coefficient (Wildman–Crippen LogP) is 2.35. The number of rotatable bonds is 35. The molecule has 14 rings (SSSR count). The van der Waals surface area contributed by atoms with E-state index in [0.29, 0.717) is 125 Å². The average molecular weight is 1730 g/mol. The molecule has 7 aliphatic heterocycles. The van der Waals surface area contributed by atoms with Gasteiger partial charge < -0.3 is 85.3 Å². The van der Waals surface area contributed by atoms with E-state index in [2.05, 4.69) is 85.0 Å². The van der Waals surface area contributed by atoms with Crippen LogP contribution < -0.4 is 42.0 Å². The number of hydrazine groups is 1. The monoisotopic (exact) mass is 1730 g/mol. The van der Waals surface area contributed by atoms with Gasteiger partial charge in [-0.3, -0.25) is 48.8 Å². The van der Waals surface area contributed by atoms with Crippen molar-refractivity contribution in [1.82, 2.24) is 66.2 Å². The fourth-order valence-corrected chi connectivity index (χ4v) is 22.0. The Morgan fingerprint density at radius 2 is 1.66 bits per heavy atom. The van der Waals surface area contributed by atoms with Crippen LogP contribution in [0, 0.1) is 24.2 Å². The molecule has 656 valence electrons. The van der Waals surface area contributed by atoms with Gasteiger partial charge in [-0.25, -0.2) is 34.6 Å². The number of aliphatic carboxylic acids is 1. The quantitative estimate of drug-likeness (QED) is 0.00678. The molecule has 4 amide bonds. The van der Waals surface area contributed by atoms with E-state index in [1.807, 2.05) is 54.3 Å². The number of para-hydroxylation sites is 1. The lowest BCUT2D eigenvalue weighted by atomic mass is 9.47. The fourth-order valence-electron chi connectivity index (χ4n) is 20.3. The van der Waals surface area contributed by atoms with Gasteiger partial charge in [0.2, 0.25) is 11.8 Å². The number of ketones is 2. The Balaban J connectivity index is 0.579. The molecule has 4 saturated heterocycles. The number of likely N-dealkylation sites (N-methyl/N-ethyl adjacent to an activating group) is 1. The summed E-state index contributed by atoms with van der Waals surface area (Å²) in [6.45, 7) is 7.68. The number of methoxy groups -OCH3 is 1. The summed E-state index contributed by atoms with van der Waals surface area (Å²) in [6.07, 6.45) is -0.513. The van der Waals surface area contributed by atoms with E-state index >= 15 is 4.79 Å². The zero-order valence-electron chi connectivity index (χ0n) is 68.6. The number of piperidine rings is 1. The first-order valence-corrected chi connectivity index (χ1v) is 44.1. The lowest BCUT2D eigenvalue weighted by Gasteiger charge is -2.63. The molecule has 1 saturated carbocycles. The van der Waals surface area contributed by atoms with Crippen LogP contribution in [0.1, 0.15) is 140 Å². The average Bonchev–Trinajstić information content (AvgIpc) is 1.46. The number of ether oxygens (including phenoxy) is 5. The Morgan fingerprint density at radius 3 is 2.44 bits per heavy atom. The molecule has 1 spiro atoms. The van der Waals surface area contributed by atoms with Gasteiger partial charge in [-0.05, 0) is 119 Å². The zero-order valence-corrected chi connectivity index (χ0v) is 70.2. The van der Waals surface area contributed by atoms with Crippen LogP contribution in [0.4, 0.5) is 16.2 Å². The molecule has 10 heterocycles. The van der Waals surface area contributed by atoms with Crippen molar-refractivity contribution < 1.29 is 97.8 Å². The van der Waals surface area contributed by atoms with Crippen molar-refractivity contribution in [3.8, 4) is 5.75 Å². The number of aliphatic hydroxyl groups excluding tert-OH is 5.